The Bertz CT molecular complexity index is 330. The number of hydrogen-bond acceptors (Lipinski definition) is 2. The van der Waals surface area contributed by atoms with E-state index in [4.69, 9.17) is 5.73 Å². The number of nitrogens with one attached hydrogen (secondary N) is 1. The standard InChI is InChI=1S/C15H24N2O.ClH/c16-12-8-3-1-2-4-9-13-17-15(18)14-10-6-5-7-11-14;/h5-7,10-11H,1-4,8-9,12-13,16H2,(H,17,18);1H. The molecule has 0 unspecified atom stereocenters. The molecule has 0 atom stereocenters. The Morgan fingerprint density at radius 2 is 1.53 bits per heavy atom. The van der Waals surface area contributed by atoms with Gasteiger partial charge in [0.15, 0.2) is 0 Å². The second-order valence-electron chi connectivity index (χ2n) is 4.53. The molecule has 1 aromatic carbocycles. The smallest absolute Gasteiger partial charge is 0.251 e. The highest BCUT2D eigenvalue weighted by Gasteiger charge is 2.02. The van der Waals surface area contributed by atoms with Crippen LogP contribution in [0.2, 0.25) is 0 Å². The second kappa shape index (κ2) is 12.0. The van der Waals surface area contributed by atoms with Gasteiger partial charge in [0.1, 0.15) is 0 Å². The van der Waals surface area contributed by atoms with Gasteiger partial charge in [-0.3, -0.25) is 4.79 Å². The number of halogens is 1. The lowest BCUT2D eigenvalue weighted by atomic mass is 10.1. The quantitative estimate of drug-likeness (QED) is 0.685. The van der Waals surface area contributed by atoms with Crippen molar-refractivity contribution in [2.24, 2.45) is 5.73 Å². The third-order valence-electron chi connectivity index (χ3n) is 2.95. The molecule has 0 aromatic heterocycles. The first kappa shape index (κ1) is 17.9. The van der Waals surface area contributed by atoms with Crippen LogP contribution in [0.5, 0.6) is 0 Å². The molecule has 1 aromatic rings. The molecule has 0 saturated heterocycles. The van der Waals surface area contributed by atoms with Crippen LogP contribution < -0.4 is 11.1 Å². The summed E-state index contributed by atoms with van der Waals surface area (Å²) >= 11 is 0. The minimum atomic E-state index is 0. The molecule has 108 valence electrons. The maximum atomic E-state index is 11.7. The van der Waals surface area contributed by atoms with Crippen molar-refractivity contribution in [1.29, 1.82) is 0 Å². The molecule has 0 radical (unpaired) electrons. The summed E-state index contributed by atoms with van der Waals surface area (Å²) in [5, 5.41) is 2.94. The number of carbonyl (C=O) groups is 1. The van der Waals surface area contributed by atoms with Gasteiger partial charge in [-0.05, 0) is 31.5 Å². The van der Waals surface area contributed by atoms with Crippen molar-refractivity contribution in [1.82, 2.24) is 5.32 Å². The Morgan fingerprint density at radius 1 is 0.947 bits per heavy atom. The first-order valence-corrected chi connectivity index (χ1v) is 6.88. The summed E-state index contributed by atoms with van der Waals surface area (Å²) in [4.78, 5) is 11.7. The maximum absolute atomic E-state index is 11.7. The summed E-state index contributed by atoms with van der Waals surface area (Å²) in [7, 11) is 0. The van der Waals surface area contributed by atoms with Gasteiger partial charge >= 0.3 is 0 Å². The average Bonchev–Trinajstić information content (AvgIpc) is 2.42. The lowest BCUT2D eigenvalue weighted by Gasteiger charge is -2.05. The van der Waals surface area contributed by atoms with Crippen LogP contribution in [-0.4, -0.2) is 19.0 Å². The lowest BCUT2D eigenvalue weighted by Crippen LogP contribution is -2.24. The summed E-state index contributed by atoms with van der Waals surface area (Å²) in [5.41, 5.74) is 6.17. The number of unbranched alkanes of at least 4 members (excludes halogenated alkanes) is 5. The van der Waals surface area contributed by atoms with Crippen molar-refractivity contribution in [3.63, 3.8) is 0 Å². The van der Waals surface area contributed by atoms with E-state index in [9.17, 15) is 4.79 Å². The van der Waals surface area contributed by atoms with Crippen LogP contribution in [0.1, 0.15) is 48.9 Å². The molecular formula is C15H25ClN2O. The summed E-state index contributed by atoms with van der Waals surface area (Å²) in [5.74, 6) is 0.0266. The molecule has 0 aliphatic rings. The topological polar surface area (TPSA) is 55.1 Å². The summed E-state index contributed by atoms with van der Waals surface area (Å²) in [6, 6.07) is 9.35. The van der Waals surface area contributed by atoms with Gasteiger partial charge < -0.3 is 11.1 Å². The minimum absolute atomic E-state index is 0. The summed E-state index contributed by atoms with van der Waals surface area (Å²) in [6.45, 7) is 1.57. The van der Waals surface area contributed by atoms with Crippen molar-refractivity contribution in [2.45, 2.75) is 38.5 Å². The fourth-order valence-electron chi connectivity index (χ4n) is 1.87. The van der Waals surface area contributed by atoms with Gasteiger partial charge in [-0.1, -0.05) is 43.9 Å². The molecule has 3 N–H and O–H groups in total. The SMILES string of the molecule is Cl.NCCCCCCCCNC(=O)c1ccccc1. The molecule has 0 aliphatic heterocycles. The van der Waals surface area contributed by atoms with Crippen molar-refractivity contribution in [2.75, 3.05) is 13.1 Å². The van der Waals surface area contributed by atoms with E-state index in [-0.39, 0.29) is 18.3 Å². The van der Waals surface area contributed by atoms with Crippen LogP contribution in [0.25, 0.3) is 0 Å². The average molecular weight is 285 g/mol. The van der Waals surface area contributed by atoms with Crippen LogP contribution in [0.3, 0.4) is 0 Å². The van der Waals surface area contributed by atoms with E-state index in [1.54, 1.807) is 0 Å². The molecule has 3 nitrogen and oxygen atoms in total. The fraction of sp³-hybridized carbons (Fsp3) is 0.533. The van der Waals surface area contributed by atoms with Crippen molar-refractivity contribution in [3.05, 3.63) is 35.9 Å². The number of rotatable bonds is 9. The minimum Gasteiger partial charge on any atom is -0.352 e. The molecule has 0 bridgehead atoms. The molecule has 19 heavy (non-hydrogen) atoms. The normalized spacial score (nSPS) is 9.74. The van der Waals surface area contributed by atoms with E-state index in [1.807, 2.05) is 30.3 Å². The second-order valence-corrected chi connectivity index (χ2v) is 4.53. The van der Waals surface area contributed by atoms with E-state index in [1.165, 1.54) is 25.7 Å². The van der Waals surface area contributed by atoms with Crippen molar-refractivity contribution in [3.8, 4) is 0 Å². The van der Waals surface area contributed by atoms with Crippen molar-refractivity contribution >= 4 is 18.3 Å². The van der Waals surface area contributed by atoms with Crippen LogP contribution in [0.4, 0.5) is 0 Å². The predicted octanol–water partition coefficient (Wildman–Crippen LogP) is 3.14. The van der Waals surface area contributed by atoms with Crippen LogP contribution in [-0.2, 0) is 0 Å². The van der Waals surface area contributed by atoms with Crippen LogP contribution in [0, 0.1) is 0 Å². The third kappa shape index (κ3) is 8.62. The van der Waals surface area contributed by atoms with Gasteiger partial charge in [-0.15, -0.1) is 12.4 Å². The Balaban J connectivity index is 0.00000324. The van der Waals surface area contributed by atoms with E-state index in [0.29, 0.717) is 0 Å². The van der Waals surface area contributed by atoms with Gasteiger partial charge in [-0.25, -0.2) is 0 Å². The summed E-state index contributed by atoms with van der Waals surface area (Å²) < 4.78 is 0. The molecule has 1 rings (SSSR count). The molecule has 4 heteroatoms. The monoisotopic (exact) mass is 284 g/mol. The zero-order chi connectivity index (χ0) is 13.1. The number of benzene rings is 1. The molecule has 0 heterocycles. The number of nitrogens with two attached hydrogens (primary N) is 1. The third-order valence-corrected chi connectivity index (χ3v) is 2.95. The van der Waals surface area contributed by atoms with Crippen molar-refractivity contribution < 1.29 is 4.79 Å². The molecular weight excluding hydrogens is 260 g/mol. The van der Waals surface area contributed by atoms with Crippen LogP contribution in [0.15, 0.2) is 30.3 Å². The first-order valence-electron chi connectivity index (χ1n) is 6.88. The Kier molecular flexibility index (Phi) is 11.3. The number of carbonyl (C=O) groups excluding carboxylic acids is 1. The number of amides is 1. The highest BCUT2D eigenvalue weighted by molar-refractivity contribution is 5.94. The highest BCUT2D eigenvalue weighted by atomic mass is 35.5. The van der Waals surface area contributed by atoms with Gasteiger partial charge in [0, 0.05) is 12.1 Å². The molecule has 0 aliphatic carbocycles. The Hall–Kier alpha value is -1.06. The Labute approximate surface area is 122 Å². The van der Waals surface area contributed by atoms with E-state index in [0.717, 1.165) is 31.5 Å². The van der Waals surface area contributed by atoms with Gasteiger partial charge in [0.25, 0.3) is 5.91 Å². The molecule has 0 spiro atoms. The fourth-order valence-corrected chi connectivity index (χ4v) is 1.87. The zero-order valence-electron chi connectivity index (χ0n) is 11.4. The maximum Gasteiger partial charge on any atom is 0.251 e. The highest BCUT2D eigenvalue weighted by Crippen LogP contribution is 2.04. The van der Waals surface area contributed by atoms with Crippen LogP contribution >= 0.6 is 12.4 Å². The van der Waals surface area contributed by atoms with Gasteiger partial charge in [0.05, 0.1) is 0 Å². The summed E-state index contributed by atoms with van der Waals surface area (Å²) in [6.07, 6.45) is 7.09. The predicted molar refractivity (Wildman–Crippen MR) is 82.8 cm³/mol. The lowest BCUT2D eigenvalue weighted by molar-refractivity contribution is 0.0953. The largest absolute Gasteiger partial charge is 0.352 e. The Morgan fingerprint density at radius 3 is 2.16 bits per heavy atom. The van der Waals surface area contributed by atoms with E-state index < -0.39 is 0 Å². The van der Waals surface area contributed by atoms with Gasteiger partial charge in [0.2, 0.25) is 0 Å². The number of hydrogen-bond donors (Lipinski definition) is 2. The van der Waals surface area contributed by atoms with E-state index in [2.05, 4.69) is 5.32 Å². The van der Waals surface area contributed by atoms with E-state index >= 15 is 0 Å². The molecule has 0 saturated carbocycles. The molecule has 0 fully saturated rings. The first-order chi connectivity index (χ1) is 8.84. The van der Waals surface area contributed by atoms with Gasteiger partial charge in [-0.2, -0.15) is 0 Å². The zero-order valence-corrected chi connectivity index (χ0v) is 12.3. The molecule has 1 amide bonds.